The number of para-hydroxylation sites is 1. The van der Waals surface area contributed by atoms with E-state index in [-0.39, 0.29) is 11.8 Å². The molecule has 0 saturated carbocycles. The van der Waals surface area contributed by atoms with Gasteiger partial charge in [-0.3, -0.25) is 9.69 Å². The highest BCUT2D eigenvalue weighted by molar-refractivity contribution is 7.99. The monoisotopic (exact) mass is 428 g/mol. The third kappa shape index (κ3) is 5.07. The molecule has 0 bridgehead atoms. The molecule has 0 aliphatic carbocycles. The number of nitrogens with one attached hydrogen (secondary N) is 1. The van der Waals surface area contributed by atoms with Gasteiger partial charge in [-0.05, 0) is 55.3 Å². The van der Waals surface area contributed by atoms with Crippen LogP contribution in [0.25, 0.3) is 10.7 Å². The summed E-state index contributed by atoms with van der Waals surface area (Å²) in [5.74, 6) is 2.41. The smallest absolute Gasteiger partial charge is 0.241 e. The molecule has 0 atom stereocenters. The predicted octanol–water partition coefficient (Wildman–Crippen LogP) is 4.76. The maximum absolute atomic E-state index is 12.7. The molecule has 1 amide bonds. The van der Waals surface area contributed by atoms with Crippen LogP contribution < -0.4 is 5.32 Å². The van der Waals surface area contributed by atoms with E-state index in [0.717, 1.165) is 47.1 Å². The lowest BCUT2D eigenvalue weighted by Crippen LogP contribution is -2.37. The molecule has 2 aromatic heterocycles. The number of hydrogen-bond acceptors (Lipinski definition) is 7. The molecule has 1 N–H and O–H groups in total. The lowest BCUT2D eigenvalue weighted by atomic mass is 9.96. The van der Waals surface area contributed by atoms with Gasteiger partial charge in [0.25, 0.3) is 0 Å². The molecule has 152 valence electrons. The first-order valence-corrected chi connectivity index (χ1v) is 11.7. The summed E-state index contributed by atoms with van der Waals surface area (Å²) < 4.78 is 5.40. The van der Waals surface area contributed by atoms with Crippen molar-refractivity contribution in [2.75, 3.05) is 24.2 Å². The van der Waals surface area contributed by atoms with E-state index in [2.05, 4.69) is 33.3 Å². The zero-order valence-electron chi connectivity index (χ0n) is 16.3. The highest BCUT2D eigenvalue weighted by Gasteiger charge is 2.26. The number of nitrogens with zero attached hydrogens (tertiary/aromatic N) is 3. The van der Waals surface area contributed by atoms with Gasteiger partial charge >= 0.3 is 0 Å². The summed E-state index contributed by atoms with van der Waals surface area (Å²) in [6.45, 7) is 4.44. The fourth-order valence-electron chi connectivity index (χ4n) is 3.46. The Labute approximate surface area is 178 Å². The topological polar surface area (TPSA) is 71.3 Å². The Balaban J connectivity index is 1.29. The van der Waals surface area contributed by atoms with Gasteiger partial charge in [-0.25, -0.2) is 0 Å². The van der Waals surface area contributed by atoms with Crippen LogP contribution in [-0.4, -0.2) is 39.8 Å². The zero-order chi connectivity index (χ0) is 20.1. The second-order valence-electron chi connectivity index (χ2n) is 6.96. The third-order valence-corrected chi connectivity index (χ3v) is 6.79. The van der Waals surface area contributed by atoms with Crippen molar-refractivity contribution in [3.05, 3.63) is 47.7 Å². The number of piperidine rings is 1. The second-order valence-corrected chi connectivity index (χ2v) is 9.21. The Morgan fingerprint density at radius 2 is 2.10 bits per heavy atom. The molecule has 0 radical (unpaired) electrons. The van der Waals surface area contributed by atoms with E-state index in [1.807, 2.05) is 35.7 Å². The van der Waals surface area contributed by atoms with E-state index >= 15 is 0 Å². The first-order chi connectivity index (χ1) is 14.2. The zero-order valence-corrected chi connectivity index (χ0v) is 18.0. The fourth-order valence-corrected chi connectivity index (χ4v) is 4.87. The maximum atomic E-state index is 12.7. The number of aromatic nitrogens is 2. The van der Waals surface area contributed by atoms with E-state index in [1.54, 1.807) is 23.1 Å². The molecule has 1 saturated heterocycles. The summed E-state index contributed by atoms with van der Waals surface area (Å²) in [6, 6.07) is 12.0. The van der Waals surface area contributed by atoms with Gasteiger partial charge in [-0.15, -0.1) is 23.1 Å². The third-order valence-electron chi connectivity index (χ3n) is 4.97. The minimum Gasteiger partial charge on any atom is -0.338 e. The van der Waals surface area contributed by atoms with Crippen molar-refractivity contribution in [1.29, 1.82) is 0 Å². The number of rotatable bonds is 7. The number of carbonyl (C=O) groups excluding carboxylic acids is 1. The van der Waals surface area contributed by atoms with E-state index in [4.69, 9.17) is 4.52 Å². The quantitative estimate of drug-likeness (QED) is 0.547. The van der Waals surface area contributed by atoms with Crippen molar-refractivity contribution in [2.24, 2.45) is 5.92 Å². The Morgan fingerprint density at radius 3 is 2.86 bits per heavy atom. The number of likely N-dealkylation sites (tertiary alicyclic amines) is 1. The molecule has 1 fully saturated rings. The SMILES string of the molecule is CCSc1ccccc1NC(=O)C1CCN(Cc2nc(-c3cccs3)no2)CC1. The van der Waals surface area contributed by atoms with Crippen LogP contribution >= 0.6 is 23.1 Å². The molecule has 1 aliphatic rings. The van der Waals surface area contributed by atoms with E-state index in [0.29, 0.717) is 18.3 Å². The van der Waals surface area contributed by atoms with Crippen LogP contribution in [0.2, 0.25) is 0 Å². The fraction of sp³-hybridized carbons (Fsp3) is 0.381. The van der Waals surface area contributed by atoms with E-state index < -0.39 is 0 Å². The van der Waals surface area contributed by atoms with Gasteiger partial charge in [-0.2, -0.15) is 4.98 Å². The largest absolute Gasteiger partial charge is 0.338 e. The summed E-state index contributed by atoms with van der Waals surface area (Å²) in [4.78, 5) is 21.6. The lowest BCUT2D eigenvalue weighted by molar-refractivity contribution is -0.121. The number of thioether (sulfide) groups is 1. The second kappa shape index (κ2) is 9.56. The lowest BCUT2D eigenvalue weighted by Gasteiger charge is -2.30. The highest BCUT2D eigenvalue weighted by Crippen LogP contribution is 2.28. The van der Waals surface area contributed by atoms with Crippen LogP contribution in [0, 0.1) is 5.92 Å². The molecule has 1 aliphatic heterocycles. The molecule has 1 aromatic carbocycles. The normalized spacial score (nSPS) is 15.5. The molecular weight excluding hydrogens is 404 g/mol. The van der Waals surface area contributed by atoms with Crippen LogP contribution in [0.5, 0.6) is 0 Å². The molecule has 0 unspecified atom stereocenters. The Morgan fingerprint density at radius 1 is 1.28 bits per heavy atom. The van der Waals surface area contributed by atoms with Crippen molar-refractivity contribution in [2.45, 2.75) is 31.2 Å². The highest BCUT2D eigenvalue weighted by atomic mass is 32.2. The van der Waals surface area contributed by atoms with Crippen LogP contribution in [0.4, 0.5) is 5.69 Å². The Kier molecular flexibility index (Phi) is 6.63. The van der Waals surface area contributed by atoms with Crippen molar-refractivity contribution < 1.29 is 9.32 Å². The molecule has 0 spiro atoms. The average Bonchev–Trinajstić information content (AvgIpc) is 3.42. The van der Waals surface area contributed by atoms with Gasteiger partial charge < -0.3 is 9.84 Å². The average molecular weight is 429 g/mol. The maximum Gasteiger partial charge on any atom is 0.241 e. The number of carbonyl (C=O) groups is 1. The van der Waals surface area contributed by atoms with Crippen LogP contribution in [-0.2, 0) is 11.3 Å². The first-order valence-electron chi connectivity index (χ1n) is 9.84. The van der Waals surface area contributed by atoms with E-state index in [1.165, 1.54) is 0 Å². The Hall–Kier alpha value is -2.16. The van der Waals surface area contributed by atoms with Crippen LogP contribution in [0.15, 0.2) is 51.2 Å². The van der Waals surface area contributed by atoms with Crippen molar-refractivity contribution >= 4 is 34.7 Å². The summed E-state index contributed by atoms with van der Waals surface area (Å²) in [5.41, 5.74) is 0.916. The van der Waals surface area contributed by atoms with Gasteiger partial charge in [0.15, 0.2) is 0 Å². The Bertz CT molecular complexity index is 934. The molecule has 6 nitrogen and oxygen atoms in total. The molecule has 4 rings (SSSR count). The molecule has 8 heteroatoms. The summed E-state index contributed by atoms with van der Waals surface area (Å²) in [5, 5.41) is 9.20. The minimum absolute atomic E-state index is 0.0373. The summed E-state index contributed by atoms with van der Waals surface area (Å²) >= 11 is 3.35. The van der Waals surface area contributed by atoms with Gasteiger partial charge in [0.2, 0.25) is 17.6 Å². The number of anilines is 1. The molecule has 29 heavy (non-hydrogen) atoms. The van der Waals surface area contributed by atoms with Gasteiger partial charge in [-0.1, -0.05) is 30.3 Å². The van der Waals surface area contributed by atoms with Crippen molar-refractivity contribution in [3.63, 3.8) is 0 Å². The number of thiophene rings is 1. The predicted molar refractivity (Wildman–Crippen MR) is 117 cm³/mol. The number of amides is 1. The number of hydrogen-bond donors (Lipinski definition) is 1. The summed E-state index contributed by atoms with van der Waals surface area (Å²) in [7, 11) is 0. The molecule has 3 aromatic rings. The number of benzene rings is 1. The van der Waals surface area contributed by atoms with Crippen LogP contribution in [0.3, 0.4) is 0 Å². The minimum atomic E-state index is 0.0373. The van der Waals surface area contributed by atoms with Crippen molar-refractivity contribution in [1.82, 2.24) is 15.0 Å². The van der Waals surface area contributed by atoms with E-state index in [9.17, 15) is 4.79 Å². The molecule has 3 heterocycles. The first kappa shape index (κ1) is 20.1. The van der Waals surface area contributed by atoms with Crippen molar-refractivity contribution in [3.8, 4) is 10.7 Å². The van der Waals surface area contributed by atoms with Gasteiger partial charge in [0.05, 0.1) is 17.1 Å². The van der Waals surface area contributed by atoms with Gasteiger partial charge in [0, 0.05) is 10.8 Å². The standard InChI is InChI=1S/C21H24N4O2S2/c1-2-28-17-7-4-3-6-16(17)22-21(26)15-9-11-25(12-10-15)14-19-23-20(24-27-19)18-8-5-13-29-18/h3-8,13,15H,2,9-12,14H2,1H3,(H,22,26). The molecular formula is C21H24N4O2S2. The van der Waals surface area contributed by atoms with Gasteiger partial charge in [0.1, 0.15) is 0 Å². The summed E-state index contributed by atoms with van der Waals surface area (Å²) in [6.07, 6.45) is 1.67. The van der Waals surface area contributed by atoms with Crippen LogP contribution in [0.1, 0.15) is 25.7 Å².